The van der Waals surface area contributed by atoms with E-state index in [1.165, 1.54) is 11.3 Å². The molecule has 2 heterocycles. The number of carbonyl (C=O) groups is 1. The number of thiazole rings is 1. The quantitative estimate of drug-likeness (QED) is 0.688. The molecule has 0 bridgehead atoms. The van der Waals surface area contributed by atoms with Crippen LogP contribution in [0.3, 0.4) is 0 Å². The van der Waals surface area contributed by atoms with E-state index in [4.69, 9.17) is 4.74 Å². The number of thiophene rings is 1. The number of hydrogen-bond acceptors (Lipinski definition) is 5. The van der Waals surface area contributed by atoms with E-state index in [-0.39, 0.29) is 5.91 Å². The maximum atomic E-state index is 12.1. The van der Waals surface area contributed by atoms with Crippen LogP contribution in [0.2, 0.25) is 0 Å². The van der Waals surface area contributed by atoms with Crippen LogP contribution in [0.4, 0.5) is 0 Å². The maximum absolute atomic E-state index is 12.1. The molecule has 118 valence electrons. The number of rotatable bonds is 6. The molecular weight excluding hydrogens is 328 g/mol. The van der Waals surface area contributed by atoms with Gasteiger partial charge in [0.25, 0.3) is 5.91 Å². The highest BCUT2D eigenvalue weighted by Crippen LogP contribution is 2.28. The van der Waals surface area contributed by atoms with E-state index < -0.39 is 0 Å². The minimum atomic E-state index is -0.113. The molecule has 0 atom stereocenters. The Bertz CT molecular complexity index is 782. The lowest BCUT2D eigenvalue weighted by atomic mass is 10.2. The predicted octanol–water partition coefficient (Wildman–Crippen LogP) is 3.99. The molecule has 3 aromatic rings. The summed E-state index contributed by atoms with van der Waals surface area (Å²) in [6.45, 7) is 2.91. The van der Waals surface area contributed by atoms with Crippen molar-refractivity contribution in [2.24, 2.45) is 0 Å². The number of aromatic nitrogens is 1. The van der Waals surface area contributed by atoms with E-state index in [9.17, 15) is 4.79 Å². The van der Waals surface area contributed by atoms with Gasteiger partial charge in [-0.3, -0.25) is 4.79 Å². The first-order valence-electron chi connectivity index (χ1n) is 7.20. The third-order valence-electron chi connectivity index (χ3n) is 3.11. The van der Waals surface area contributed by atoms with E-state index in [0.717, 1.165) is 21.2 Å². The van der Waals surface area contributed by atoms with Gasteiger partial charge in [0.15, 0.2) is 0 Å². The number of amides is 1. The minimum absolute atomic E-state index is 0.113. The second-order valence-corrected chi connectivity index (χ2v) is 6.91. The molecule has 3 rings (SSSR count). The number of aryl methyl sites for hydroxylation is 1. The average molecular weight is 344 g/mol. The van der Waals surface area contributed by atoms with Crippen molar-refractivity contribution in [1.82, 2.24) is 10.3 Å². The molecule has 1 amide bonds. The summed E-state index contributed by atoms with van der Waals surface area (Å²) in [6, 6.07) is 11.8. The molecule has 0 aliphatic carbocycles. The second kappa shape index (κ2) is 7.39. The Kier molecular flexibility index (Phi) is 5.05. The van der Waals surface area contributed by atoms with Crippen molar-refractivity contribution in [2.75, 3.05) is 13.2 Å². The summed E-state index contributed by atoms with van der Waals surface area (Å²) >= 11 is 3.02. The van der Waals surface area contributed by atoms with E-state index in [1.807, 2.05) is 48.7 Å². The number of benzene rings is 1. The average Bonchev–Trinajstić information content (AvgIpc) is 3.21. The van der Waals surface area contributed by atoms with Gasteiger partial charge >= 0.3 is 0 Å². The first kappa shape index (κ1) is 15.7. The SMILES string of the molecule is Cc1cccc(OCCNC(=O)c2cnc(-c3cccs3)s2)c1. The molecule has 0 aliphatic heterocycles. The molecule has 0 spiro atoms. The molecule has 0 fully saturated rings. The highest BCUT2D eigenvalue weighted by molar-refractivity contribution is 7.21. The molecule has 0 radical (unpaired) electrons. The molecule has 0 saturated heterocycles. The smallest absolute Gasteiger partial charge is 0.263 e. The standard InChI is InChI=1S/C17H16N2O2S2/c1-12-4-2-5-13(10-12)21-8-7-18-16(20)15-11-19-17(23-15)14-6-3-9-22-14/h2-6,9-11H,7-8H2,1H3,(H,18,20). The van der Waals surface area contributed by atoms with Crippen molar-refractivity contribution >= 4 is 28.6 Å². The third kappa shape index (κ3) is 4.18. The largest absolute Gasteiger partial charge is 0.492 e. The van der Waals surface area contributed by atoms with Crippen LogP contribution in [-0.2, 0) is 0 Å². The summed E-state index contributed by atoms with van der Waals surface area (Å²) in [5.74, 6) is 0.704. The summed E-state index contributed by atoms with van der Waals surface area (Å²) in [7, 11) is 0. The Morgan fingerprint density at radius 3 is 3.00 bits per heavy atom. The monoisotopic (exact) mass is 344 g/mol. The van der Waals surface area contributed by atoms with Gasteiger partial charge in [0.05, 0.1) is 17.6 Å². The van der Waals surface area contributed by atoms with Gasteiger partial charge in [-0.15, -0.1) is 22.7 Å². The molecule has 6 heteroatoms. The highest BCUT2D eigenvalue weighted by Gasteiger charge is 2.11. The lowest BCUT2D eigenvalue weighted by Crippen LogP contribution is -2.27. The number of carbonyl (C=O) groups excluding carboxylic acids is 1. The summed E-state index contributed by atoms with van der Waals surface area (Å²) in [5, 5.41) is 5.73. The topological polar surface area (TPSA) is 51.2 Å². The Labute approximate surface area is 142 Å². The maximum Gasteiger partial charge on any atom is 0.263 e. The molecule has 2 aromatic heterocycles. The van der Waals surface area contributed by atoms with Gasteiger partial charge in [0.1, 0.15) is 22.2 Å². The van der Waals surface area contributed by atoms with Gasteiger partial charge in [-0.2, -0.15) is 0 Å². The van der Waals surface area contributed by atoms with Crippen LogP contribution in [0.15, 0.2) is 48.0 Å². The van der Waals surface area contributed by atoms with Crippen LogP contribution in [-0.4, -0.2) is 24.0 Å². The Balaban J connectivity index is 1.48. The van der Waals surface area contributed by atoms with Gasteiger partial charge in [-0.25, -0.2) is 4.98 Å². The van der Waals surface area contributed by atoms with Gasteiger partial charge in [-0.05, 0) is 36.1 Å². The Hall–Kier alpha value is -2.18. The molecule has 0 unspecified atom stereocenters. The van der Waals surface area contributed by atoms with Gasteiger partial charge in [0.2, 0.25) is 0 Å². The van der Waals surface area contributed by atoms with Gasteiger partial charge in [0, 0.05) is 0 Å². The van der Waals surface area contributed by atoms with Crippen molar-refractivity contribution in [2.45, 2.75) is 6.92 Å². The number of ether oxygens (including phenoxy) is 1. The van der Waals surface area contributed by atoms with Crippen molar-refractivity contribution < 1.29 is 9.53 Å². The van der Waals surface area contributed by atoms with E-state index in [2.05, 4.69) is 10.3 Å². The zero-order chi connectivity index (χ0) is 16.1. The second-order valence-electron chi connectivity index (χ2n) is 4.93. The normalized spacial score (nSPS) is 10.5. The molecular formula is C17H16N2O2S2. The van der Waals surface area contributed by atoms with Crippen molar-refractivity contribution in [3.05, 3.63) is 58.4 Å². The van der Waals surface area contributed by atoms with E-state index >= 15 is 0 Å². The number of nitrogens with one attached hydrogen (secondary N) is 1. The van der Waals surface area contributed by atoms with E-state index in [0.29, 0.717) is 18.0 Å². The Morgan fingerprint density at radius 1 is 1.30 bits per heavy atom. The number of nitrogens with zero attached hydrogens (tertiary/aromatic N) is 1. The molecule has 0 aliphatic rings. The van der Waals surface area contributed by atoms with Crippen LogP contribution in [0.1, 0.15) is 15.2 Å². The minimum Gasteiger partial charge on any atom is -0.492 e. The fraction of sp³-hybridized carbons (Fsp3) is 0.176. The summed E-state index contributed by atoms with van der Waals surface area (Å²) in [5.41, 5.74) is 1.15. The van der Waals surface area contributed by atoms with Crippen molar-refractivity contribution in [1.29, 1.82) is 0 Å². The van der Waals surface area contributed by atoms with E-state index in [1.54, 1.807) is 17.5 Å². The van der Waals surface area contributed by atoms with Crippen LogP contribution in [0.25, 0.3) is 9.88 Å². The first-order valence-corrected chi connectivity index (χ1v) is 8.89. The zero-order valence-electron chi connectivity index (χ0n) is 12.6. The lowest BCUT2D eigenvalue weighted by Gasteiger charge is -2.07. The van der Waals surface area contributed by atoms with Crippen LogP contribution >= 0.6 is 22.7 Å². The fourth-order valence-corrected chi connectivity index (χ4v) is 3.66. The molecule has 1 N–H and O–H groups in total. The van der Waals surface area contributed by atoms with Crippen LogP contribution in [0, 0.1) is 6.92 Å². The lowest BCUT2D eigenvalue weighted by molar-refractivity contribution is 0.0951. The van der Waals surface area contributed by atoms with Crippen molar-refractivity contribution in [3.63, 3.8) is 0 Å². The van der Waals surface area contributed by atoms with Gasteiger partial charge in [-0.1, -0.05) is 18.2 Å². The number of hydrogen-bond donors (Lipinski definition) is 1. The summed E-state index contributed by atoms with van der Waals surface area (Å²) in [6.07, 6.45) is 1.62. The fourth-order valence-electron chi connectivity index (χ4n) is 2.02. The highest BCUT2D eigenvalue weighted by atomic mass is 32.1. The third-order valence-corrected chi connectivity index (χ3v) is 5.14. The molecule has 0 saturated carbocycles. The van der Waals surface area contributed by atoms with Gasteiger partial charge < -0.3 is 10.1 Å². The Morgan fingerprint density at radius 2 is 2.22 bits per heavy atom. The van der Waals surface area contributed by atoms with Crippen LogP contribution < -0.4 is 10.1 Å². The predicted molar refractivity (Wildman–Crippen MR) is 94.4 cm³/mol. The van der Waals surface area contributed by atoms with Crippen LogP contribution in [0.5, 0.6) is 5.75 Å². The summed E-state index contributed by atoms with van der Waals surface area (Å²) in [4.78, 5) is 18.1. The molecule has 23 heavy (non-hydrogen) atoms. The van der Waals surface area contributed by atoms with Crippen molar-refractivity contribution in [3.8, 4) is 15.6 Å². The molecule has 4 nitrogen and oxygen atoms in total. The molecule has 1 aromatic carbocycles. The zero-order valence-corrected chi connectivity index (χ0v) is 14.2. The summed E-state index contributed by atoms with van der Waals surface area (Å²) < 4.78 is 5.61. The first-order chi connectivity index (χ1) is 11.2.